The summed E-state index contributed by atoms with van der Waals surface area (Å²) >= 11 is 24.0. The molecule has 0 saturated heterocycles. The van der Waals surface area contributed by atoms with Crippen LogP contribution in [0.5, 0.6) is 0 Å². The van der Waals surface area contributed by atoms with Crippen molar-refractivity contribution in [3.05, 3.63) is 67.6 Å². The Morgan fingerprint density at radius 1 is 0.667 bits per heavy atom. The highest BCUT2D eigenvalue weighted by atomic mass is 35.5. The summed E-state index contributed by atoms with van der Waals surface area (Å²) in [5, 5.41) is 1.26. The van der Waals surface area contributed by atoms with Gasteiger partial charge in [0.1, 0.15) is 0 Å². The van der Waals surface area contributed by atoms with E-state index in [1.165, 1.54) is 0 Å². The summed E-state index contributed by atoms with van der Waals surface area (Å²) in [7, 11) is -3.52. The molecule has 2 aromatic rings. The van der Waals surface area contributed by atoms with Gasteiger partial charge < -0.3 is 0 Å². The Hall–Kier alpha value is -0.450. The van der Waals surface area contributed by atoms with Crippen molar-refractivity contribution in [3.63, 3.8) is 0 Å². The first-order valence-electron chi connectivity index (χ1n) is 5.86. The predicted octanol–water partition coefficient (Wildman–Crippen LogP) is 5.42. The lowest BCUT2D eigenvalue weighted by atomic mass is 10.2. The van der Waals surface area contributed by atoms with Gasteiger partial charge in [0.05, 0.1) is 11.5 Å². The molecule has 0 amide bonds. The second-order valence-electron chi connectivity index (χ2n) is 4.43. The van der Waals surface area contributed by atoms with E-state index in [1.54, 1.807) is 36.4 Å². The lowest BCUT2D eigenvalue weighted by Gasteiger charge is -2.10. The van der Waals surface area contributed by atoms with E-state index < -0.39 is 9.84 Å². The molecule has 0 aliphatic rings. The maximum absolute atomic E-state index is 12.3. The van der Waals surface area contributed by atoms with E-state index in [4.69, 9.17) is 46.4 Å². The molecule has 0 N–H and O–H groups in total. The smallest absolute Gasteiger partial charge is 0.158 e. The molecule has 21 heavy (non-hydrogen) atoms. The monoisotopic (exact) mass is 382 g/mol. The molecular formula is C14H10Cl4O2S. The molecular weight excluding hydrogens is 374 g/mol. The Morgan fingerprint density at radius 2 is 0.952 bits per heavy atom. The predicted molar refractivity (Wildman–Crippen MR) is 89.3 cm³/mol. The quantitative estimate of drug-likeness (QED) is 0.706. The highest BCUT2D eigenvalue weighted by Gasteiger charge is 2.20. The Kier molecular flexibility index (Phi) is 5.44. The van der Waals surface area contributed by atoms with Crippen LogP contribution in [0.15, 0.2) is 36.4 Å². The van der Waals surface area contributed by atoms with Crippen molar-refractivity contribution < 1.29 is 8.42 Å². The number of rotatable bonds is 4. The fourth-order valence-electron chi connectivity index (χ4n) is 1.83. The number of hydrogen-bond acceptors (Lipinski definition) is 2. The second kappa shape index (κ2) is 6.76. The van der Waals surface area contributed by atoms with Crippen LogP contribution in [0, 0.1) is 0 Å². The topological polar surface area (TPSA) is 34.1 Å². The van der Waals surface area contributed by atoms with Crippen LogP contribution in [0.1, 0.15) is 11.1 Å². The van der Waals surface area contributed by atoms with Gasteiger partial charge in [-0.2, -0.15) is 0 Å². The third kappa shape index (κ3) is 4.27. The van der Waals surface area contributed by atoms with Crippen LogP contribution in [0.25, 0.3) is 0 Å². The van der Waals surface area contributed by atoms with Crippen LogP contribution in [-0.2, 0) is 21.3 Å². The molecule has 0 unspecified atom stereocenters. The van der Waals surface area contributed by atoms with Crippen LogP contribution in [0.2, 0.25) is 20.1 Å². The first-order chi connectivity index (χ1) is 9.80. The maximum atomic E-state index is 12.3. The molecule has 0 atom stereocenters. The summed E-state index contributed by atoms with van der Waals surface area (Å²) in [5.41, 5.74) is 0.757. The van der Waals surface area contributed by atoms with Crippen molar-refractivity contribution in [1.82, 2.24) is 0 Å². The molecule has 0 aliphatic carbocycles. The summed E-state index contributed by atoms with van der Waals surface area (Å²) in [6.45, 7) is 0. The Balaban J connectivity index is 2.32. The molecule has 0 radical (unpaired) electrons. The van der Waals surface area contributed by atoms with Crippen LogP contribution in [0.3, 0.4) is 0 Å². The third-order valence-corrected chi connectivity index (χ3v) is 5.73. The molecule has 2 nitrogen and oxygen atoms in total. The van der Waals surface area contributed by atoms with Gasteiger partial charge in [-0.25, -0.2) is 8.42 Å². The van der Waals surface area contributed by atoms with Crippen LogP contribution < -0.4 is 0 Å². The van der Waals surface area contributed by atoms with Crippen molar-refractivity contribution >= 4 is 56.2 Å². The number of halogens is 4. The molecule has 0 aliphatic heterocycles. The van der Waals surface area contributed by atoms with Crippen molar-refractivity contribution in [2.24, 2.45) is 0 Å². The maximum Gasteiger partial charge on any atom is 0.158 e. The Labute approximate surface area is 143 Å². The molecule has 2 rings (SSSR count). The van der Waals surface area contributed by atoms with Gasteiger partial charge >= 0.3 is 0 Å². The molecule has 0 spiro atoms. The molecule has 2 aromatic carbocycles. The van der Waals surface area contributed by atoms with E-state index >= 15 is 0 Å². The lowest BCUT2D eigenvalue weighted by molar-refractivity contribution is 0.594. The minimum Gasteiger partial charge on any atom is -0.228 e. The second-order valence-corrected chi connectivity index (χ2v) is 8.13. The standard InChI is InChI=1S/C14H10Cl4O2S/c15-11-3-1-4-12(16)9(11)7-21(19,20)8-10-13(17)5-2-6-14(10)18/h1-6H,7-8H2. The average Bonchev–Trinajstić information content (AvgIpc) is 2.39. The molecule has 0 aromatic heterocycles. The van der Waals surface area contributed by atoms with E-state index in [0.29, 0.717) is 31.2 Å². The van der Waals surface area contributed by atoms with Crippen LogP contribution in [-0.4, -0.2) is 8.42 Å². The SMILES string of the molecule is O=S(=O)(Cc1c(Cl)cccc1Cl)Cc1c(Cl)cccc1Cl. The molecule has 0 bridgehead atoms. The molecule has 112 valence electrons. The Bertz CT molecular complexity index is 673. The molecule has 0 saturated carbocycles. The zero-order valence-electron chi connectivity index (χ0n) is 10.6. The lowest BCUT2D eigenvalue weighted by Crippen LogP contribution is -2.09. The Morgan fingerprint density at radius 3 is 1.24 bits per heavy atom. The van der Waals surface area contributed by atoms with Gasteiger partial charge in [0.2, 0.25) is 0 Å². The number of sulfone groups is 1. The summed E-state index contributed by atoms with van der Waals surface area (Å²) < 4.78 is 24.7. The summed E-state index contributed by atoms with van der Waals surface area (Å²) in [6, 6.07) is 9.71. The largest absolute Gasteiger partial charge is 0.228 e. The van der Waals surface area contributed by atoms with Gasteiger partial charge in [-0.1, -0.05) is 58.5 Å². The van der Waals surface area contributed by atoms with Crippen molar-refractivity contribution in [2.75, 3.05) is 0 Å². The zero-order valence-corrected chi connectivity index (χ0v) is 14.5. The van der Waals surface area contributed by atoms with Gasteiger partial charge in [0.25, 0.3) is 0 Å². The normalized spacial score (nSPS) is 11.6. The van der Waals surface area contributed by atoms with Gasteiger partial charge in [-0.3, -0.25) is 0 Å². The fraction of sp³-hybridized carbons (Fsp3) is 0.143. The van der Waals surface area contributed by atoms with Crippen LogP contribution in [0.4, 0.5) is 0 Å². The van der Waals surface area contributed by atoms with Gasteiger partial charge in [0, 0.05) is 31.2 Å². The molecule has 0 heterocycles. The summed E-state index contributed by atoms with van der Waals surface area (Å²) in [4.78, 5) is 0. The van der Waals surface area contributed by atoms with E-state index in [2.05, 4.69) is 0 Å². The minimum atomic E-state index is -3.52. The first kappa shape index (κ1) is 16.9. The van der Waals surface area contributed by atoms with Gasteiger partial charge in [-0.05, 0) is 24.3 Å². The van der Waals surface area contributed by atoms with Crippen molar-refractivity contribution in [1.29, 1.82) is 0 Å². The van der Waals surface area contributed by atoms with Gasteiger partial charge in [0.15, 0.2) is 9.84 Å². The summed E-state index contributed by atoms with van der Waals surface area (Å²) in [5.74, 6) is -0.542. The van der Waals surface area contributed by atoms with E-state index in [1.807, 2.05) is 0 Å². The van der Waals surface area contributed by atoms with Crippen molar-refractivity contribution in [3.8, 4) is 0 Å². The van der Waals surface area contributed by atoms with E-state index in [0.717, 1.165) is 0 Å². The fourth-order valence-corrected chi connectivity index (χ4v) is 4.81. The van der Waals surface area contributed by atoms with E-state index in [9.17, 15) is 8.42 Å². The van der Waals surface area contributed by atoms with Crippen LogP contribution >= 0.6 is 46.4 Å². The van der Waals surface area contributed by atoms with Gasteiger partial charge in [-0.15, -0.1) is 0 Å². The minimum absolute atomic E-state index is 0.271. The third-order valence-electron chi connectivity index (χ3n) is 2.85. The first-order valence-corrected chi connectivity index (χ1v) is 9.19. The highest BCUT2D eigenvalue weighted by molar-refractivity contribution is 7.89. The molecule has 0 fully saturated rings. The van der Waals surface area contributed by atoms with Crippen molar-refractivity contribution in [2.45, 2.75) is 11.5 Å². The molecule has 7 heteroatoms. The highest BCUT2D eigenvalue weighted by Crippen LogP contribution is 2.30. The number of hydrogen-bond donors (Lipinski definition) is 0. The van der Waals surface area contributed by atoms with E-state index in [-0.39, 0.29) is 11.5 Å². The zero-order chi connectivity index (χ0) is 15.6. The summed E-state index contributed by atoms with van der Waals surface area (Å²) in [6.07, 6.45) is 0. The number of benzene rings is 2. The average molecular weight is 384 g/mol.